The number of imidazole rings is 1. The maximum Gasteiger partial charge on any atom is 0.161 e. The fourth-order valence-corrected chi connectivity index (χ4v) is 1.51. The van der Waals surface area contributed by atoms with E-state index in [1.165, 1.54) is 0 Å². The summed E-state index contributed by atoms with van der Waals surface area (Å²) in [7, 11) is 0. The van der Waals surface area contributed by atoms with E-state index in [9.17, 15) is 0 Å². The Morgan fingerprint density at radius 1 is 1.64 bits per heavy atom. The summed E-state index contributed by atoms with van der Waals surface area (Å²) in [5, 5.41) is 9.18. The zero-order chi connectivity index (χ0) is 10.1. The van der Waals surface area contributed by atoms with Crippen molar-refractivity contribution < 1.29 is 0 Å². The number of rotatable bonds is 1. The molecule has 0 N–H and O–H groups in total. The van der Waals surface area contributed by atoms with Crippen LogP contribution in [-0.4, -0.2) is 14.5 Å². The average Bonchev–Trinajstić information content (AvgIpc) is 2.43. The molecule has 14 heavy (non-hydrogen) atoms. The Balaban J connectivity index is 2.72. The van der Waals surface area contributed by atoms with Crippen LogP contribution in [0.4, 0.5) is 0 Å². The van der Waals surface area contributed by atoms with Crippen molar-refractivity contribution in [1.29, 1.82) is 5.26 Å². The number of hydrogen-bond acceptors (Lipinski definition) is 3. The predicted molar refractivity (Wildman–Crippen MR) is 52.9 cm³/mol. The molecular weight excluding hydrogens is 200 g/mol. The van der Waals surface area contributed by atoms with Crippen LogP contribution in [0.3, 0.4) is 0 Å². The van der Waals surface area contributed by atoms with Crippen LogP contribution in [0.2, 0.25) is 5.02 Å². The van der Waals surface area contributed by atoms with Crippen molar-refractivity contribution in [3.05, 3.63) is 23.1 Å². The third-order valence-corrected chi connectivity index (χ3v) is 2.18. The molecule has 2 heterocycles. The van der Waals surface area contributed by atoms with E-state index in [0.29, 0.717) is 10.7 Å². The first-order valence-corrected chi connectivity index (χ1v) is 4.45. The second-order valence-corrected chi connectivity index (χ2v) is 3.34. The van der Waals surface area contributed by atoms with Gasteiger partial charge >= 0.3 is 0 Å². The molecule has 0 aliphatic rings. The fourth-order valence-electron chi connectivity index (χ4n) is 1.36. The Labute approximate surface area is 85.8 Å². The fraction of sp³-hybridized carbons (Fsp3) is 0.222. The molecule has 2 rings (SSSR count). The molecule has 0 bridgehead atoms. The molecule has 0 aliphatic carbocycles. The van der Waals surface area contributed by atoms with Crippen LogP contribution >= 0.6 is 11.6 Å². The molecule has 0 unspecified atom stereocenters. The third kappa shape index (κ3) is 1.32. The quantitative estimate of drug-likeness (QED) is 0.716. The number of fused-ring (bicyclic) bond motifs is 1. The number of aromatic nitrogens is 3. The molecule has 70 valence electrons. The molecule has 0 aliphatic heterocycles. The number of nitriles is 1. The maximum absolute atomic E-state index is 8.62. The Bertz CT molecular complexity index is 523. The van der Waals surface area contributed by atoms with E-state index in [0.717, 1.165) is 11.3 Å². The minimum atomic E-state index is 0.261. The highest BCUT2D eigenvalue weighted by Gasteiger charge is 2.07. The molecule has 4 nitrogen and oxygen atoms in total. The Morgan fingerprint density at radius 2 is 2.43 bits per heavy atom. The molecule has 0 radical (unpaired) electrons. The minimum absolute atomic E-state index is 0.261. The molecule has 0 fully saturated rings. The lowest BCUT2D eigenvalue weighted by Gasteiger charge is -1.97. The highest BCUT2D eigenvalue weighted by molar-refractivity contribution is 6.31. The molecule has 0 amide bonds. The van der Waals surface area contributed by atoms with E-state index in [4.69, 9.17) is 16.9 Å². The molecule has 2 aromatic rings. The summed E-state index contributed by atoms with van der Waals surface area (Å²) in [5.74, 6) is 0.774. The van der Waals surface area contributed by atoms with E-state index in [2.05, 4.69) is 16.0 Å². The SMILES string of the molecule is Cc1nc2cc(Cl)cnc2n1CC#N. The van der Waals surface area contributed by atoms with Gasteiger partial charge in [0.15, 0.2) is 5.65 Å². The van der Waals surface area contributed by atoms with Crippen molar-refractivity contribution in [2.45, 2.75) is 13.5 Å². The van der Waals surface area contributed by atoms with Crippen molar-refractivity contribution in [2.75, 3.05) is 0 Å². The van der Waals surface area contributed by atoms with Crippen molar-refractivity contribution in [2.24, 2.45) is 0 Å². The van der Waals surface area contributed by atoms with Gasteiger partial charge in [-0.2, -0.15) is 5.26 Å². The highest BCUT2D eigenvalue weighted by Crippen LogP contribution is 2.17. The summed E-state index contributed by atoms with van der Waals surface area (Å²) >= 11 is 5.78. The molecule has 0 saturated carbocycles. The zero-order valence-electron chi connectivity index (χ0n) is 7.53. The first-order valence-electron chi connectivity index (χ1n) is 4.07. The van der Waals surface area contributed by atoms with Crippen LogP contribution in [0.15, 0.2) is 12.3 Å². The van der Waals surface area contributed by atoms with Gasteiger partial charge in [-0.25, -0.2) is 9.97 Å². The largest absolute Gasteiger partial charge is 0.299 e. The molecule has 0 spiro atoms. The normalized spacial score (nSPS) is 10.4. The van der Waals surface area contributed by atoms with Gasteiger partial charge in [-0.3, -0.25) is 4.57 Å². The smallest absolute Gasteiger partial charge is 0.161 e. The van der Waals surface area contributed by atoms with Crippen LogP contribution in [0.5, 0.6) is 0 Å². The van der Waals surface area contributed by atoms with Crippen LogP contribution in [0.1, 0.15) is 5.82 Å². The number of aryl methyl sites for hydroxylation is 1. The van der Waals surface area contributed by atoms with E-state index in [1.807, 2.05) is 6.92 Å². The van der Waals surface area contributed by atoms with Gasteiger partial charge in [-0.1, -0.05) is 11.6 Å². The number of nitrogens with zero attached hydrogens (tertiary/aromatic N) is 4. The third-order valence-electron chi connectivity index (χ3n) is 1.97. The maximum atomic E-state index is 8.62. The van der Waals surface area contributed by atoms with Gasteiger partial charge in [0.1, 0.15) is 17.9 Å². The molecular formula is C9H7ClN4. The molecule has 5 heteroatoms. The highest BCUT2D eigenvalue weighted by atomic mass is 35.5. The van der Waals surface area contributed by atoms with Crippen LogP contribution < -0.4 is 0 Å². The van der Waals surface area contributed by atoms with Crippen LogP contribution in [0, 0.1) is 18.3 Å². The average molecular weight is 207 g/mol. The molecule has 0 aromatic carbocycles. The monoisotopic (exact) mass is 206 g/mol. The minimum Gasteiger partial charge on any atom is -0.299 e. The lowest BCUT2D eigenvalue weighted by atomic mass is 10.4. The van der Waals surface area contributed by atoms with E-state index in [-0.39, 0.29) is 6.54 Å². The molecule has 2 aromatic heterocycles. The lowest BCUT2D eigenvalue weighted by Crippen LogP contribution is -1.98. The van der Waals surface area contributed by atoms with Crippen molar-refractivity contribution >= 4 is 22.8 Å². The van der Waals surface area contributed by atoms with Crippen molar-refractivity contribution in [3.8, 4) is 6.07 Å². The van der Waals surface area contributed by atoms with Gasteiger partial charge in [0.25, 0.3) is 0 Å². The summed E-state index contributed by atoms with van der Waals surface area (Å²) in [6.45, 7) is 2.10. The zero-order valence-corrected chi connectivity index (χ0v) is 8.28. The van der Waals surface area contributed by atoms with Gasteiger partial charge < -0.3 is 0 Å². The van der Waals surface area contributed by atoms with E-state index >= 15 is 0 Å². The number of hydrogen-bond donors (Lipinski definition) is 0. The predicted octanol–water partition coefficient (Wildman–Crippen LogP) is 1.92. The van der Waals surface area contributed by atoms with Gasteiger partial charge in [0.2, 0.25) is 0 Å². The first kappa shape index (κ1) is 8.97. The summed E-state index contributed by atoms with van der Waals surface area (Å²) in [5.41, 5.74) is 1.43. The standard InChI is InChI=1S/C9H7ClN4/c1-6-13-8-4-7(10)5-12-9(8)14(6)3-2-11/h4-5H,3H2,1H3. The van der Waals surface area contributed by atoms with E-state index < -0.39 is 0 Å². The summed E-state index contributed by atoms with van der Waals surface area (Å²) in [4.78, 5) is 8.40. The summed E-state index contributed by atoms with van der Waals surface area (Å²) in [6.07, 6.45) is 1.55. The summed E-state index contributed by atoms with van der Waals surface area (Å²) in [6, 6.07) is 3.81. The van der Waals surface area contributed by atoms with Crippen LogP contribution in [0.25, 0.3) is 11.2 Å². The van der Waals surface area contributed by atoms with Gasteiger partial charge in [0.05, 0.1) is 11.1 Å². The Hall–Kier alpha value is -1.60. The van der Waals surface area contributed by atoms with Crippen LogP contribution in [-0.2, 0) is 6.54 Å². The van der Waals surface area contributed by atoms with Crippen molar-refractivity contribution in [3.63, 3.8) is 0 Å². The lowest BCUT2D eigenvalue weighted by molar-refractivity contribution is 0.806. The van der Waals surface area contributed by atoms with Crippen molar-refractivity contribution in [1.82, 2.24) is 14.5 Å². The molecule has 0 atom stereocenters. The second-order valence-electron chi connectivity index (χ2n) is 2.90. The van der Waals surface area contributed by atoms with Gasteiger partial charge in [-0.15, -0.1) is 0 Å². The Kier molecular flexibility index (Phi) is 2.10. The number of halogens is 1. The van der Waals surface area contributed by atoms with Gasteiger partial charge in [0, 0.05) is 6.20 Å². The first-order chi connectivity index (χ1) is 6.72. The molecule has 0 saturated heterocycles. The Morgan fingerprint density at radius 3 is 3.14 bits per heavy atom. The topological polar surface area (TPSA) is 54.5 Å². The van der Waals surface area contributed by atoms with Gasteiger partial charge in [-0.05, 0) is 13.0 Å². The van der Waals surface area contributed by atoms with E-state index in [1.54, 1.807) is 16.8 Å². The second kappa shape index (κ2) is 3.28. The number of pyridine rings is 1. The summed E-state index contributed by atoms with van der Waals surface area (Å²) < 4.78 is 1.76.